The maximum absolute atomic E-state index is 11.2. The van der Waals surface area contributed by atoms with Gasteiger partial charge in [0, 0.05) is 6.42 Å². The largest absolute Gasteiger partial charge is 0.464 e. The van der Waals surface area contributed by atoms with Gasteiger partial charge in [-0.25, -0.2) is 9.59 Å². The van der Waals surface area contributed by atoms with Crippen LogP contribution in [0.2, 0.25) is 0 Å². The summed E-state index contributed by atoms with van der Waals surface area (Å²) in [5.74, 6) is -0.393. The van der Waals surface area contributed by atoms with E-state index in [-0.39, 0.29) is 0 Å². The topological polar surface area (TPSA) is 64.6 Å². The van der Waals surface area contributed by atoms with Crippen molar-refractivity contribution in [2.24, 2.45) is 0 Å². The zero-order valence-corrected chi connectivity index (χ0v) is 10.6. The summed E-state index contributed by atoms with van der Waals surface area (Å²) < 4.78 is 9.68. The predicted molar refractivity (Wildman–Crippen MR) is 60.1 cm³/mol. The fourth-order valence-electron chi connectivity index (χ4n) is 1.08. The number of nitrogens with one attached hydrogen (secondary N) is 1. The zero-order valence-electron chi connectivity index (χ0n) is 10.6. The van der Waals surface area contributed by atoms with E-state index in [1.54, 1.807) is 20.8 Å². The van der Waals surface area contributed by atoms with Crippen LogP contribution in [-0.4, -0.2) is 30.3 Å². The van der Waals surface area contributed by atoms with Crippen LogP contribution in [0.15, 0.2) is 0 Å². The van der Waals surface area contributed by atoms with Crippen LogP contribution in [0.4, 0.5) is 4.79 Å². The molecule has 0 saturated carbocycles. The normalized spacial score (nSPS) is 19.3. The second kappa shape index (κ2) is 6.35. The van der Waals surface area contributed by atoms with Crippen LogP contribution in [0.3, 0.4) is 0 Å². The Kier molecular flexibility index (Phi) is 5.85. The maximum atomic E-state index is 11.2. The number of carbonyl (C=O) groups excluding carboxylic acids is 2. The fraction of sp³-hybridized carbons (Fsp3) is 0.818. The van der Waals surface area contributed by atoms with E-state index in [4.69, 9.17) is 4.74 Å². The molecule has 0 spiro atoms. The van der Waals surface area contributed by atoms with Crippen molar-refractivity contribution in [3.8, 4) is 0 Å². The molecule has 5 heteroatoms. The van der Waals surface area contributed by atoms with Crippen molar-refractivity contribution in [2.75, 3.05) is 6.61 Å². The van der Waals surface area contributed by atoms with Crippen molar-refractivity contribution in [3.63, 3.8) is 0 Å². The van der Waals surface area contributed by atoms with Gasteiger partial charge in [0.2, 0.25) is 0 Å². The molecule has 1 heterocycles. The molecule has 1 amide bonds. The minimum atomic E-state index is -0.582. The van der Waals surface area contributed by atoms with E-state index in [0.29, 0.717) is 13.0 Å². The molecule has 1 atom stereocenters. The van der Waals surface area contributed by atoms with E-state index < -0.39 is 23.7 Å². The second-order valence-corrected chi connectivity index (χ2v) is 4.15. The minimum absolute atomic E-state index is 0.360. The van der Waals surface area contributed by atoms with Crippen molar-refractivity contribution in [2.45, 2.75) is 52.7 Å². The standard InChI is InChI=1S/C9H15NO4.C2H6/c1-9(2,3)14-8(12)10-6-4-5-13-7(6)11;1-2/h6H,4-5H2,1-3H3,(H,10,12);1-2H3/t6-;/m0./s1. The van der Waals surface area contributed by atoms with Crippen LogP contribution in [0.25, 0.3) is 0 Å². The van der Waals surface area contributed by atoms with Gasteiger partial charge in [0.15, 0.2) is 0 Å². The summed E-state index contributed by atoms with van der Waals surface area (Å²) in [6.07, 6.45) is -0.0701. The molecule has 0 unspecified atom stereocenters. The third kappa shape index (κ3) is 5.58. The molecule has 1 N–H and O–H groups in total. The van der Waals surface area contributed by atoms with Crippen molar-refractivity contribution in [1.29, 1.82) is 0 Å². The number of carbonyl (C=O) groups is 2. The Hall–Kier alpha value is -1.26. The van der Waals surface area contributed by atoms with Crippen LogP contribution >= 0.6 is 0 Å². The number of cyclic esters (lactones) is 1. The molecule has 1 fully saturated rings. The zero-order chi connectivity index (χ0) is 12.8. The molecule has 0 radical (unpaired) electrons. The Morgan fingerprint density at radius 1 is 1.44 bits per heavy atom. The summed E-state index contributed by atoms with van der Waals surface area (Å²) >= 11 is 0. The van der Waals surface area contributed by atoms with Crippen LogP contribution in [0, 0.1) is 0 Å². The molecule has 0 aromatic rings. The lowest BCUT2D eigenvalue weighted by Crippen LogP contribution is -2.41. The van der Waals surface area contributed by atoms with E-state index in [1.807, 2.05) is 13.8 Å². The molecule has 16 heavy (non-hydrogen) atoms. The molecule has 0 bridgehead atoms. The van der Waals surface area contributed by atoms with Gasteiger partial charge < -0.3 is 14.8 Å². The molecule has 1 saturated heterocycles. The lowest BCUT2D eigenvalue weighted by molar-refractivity contribution is -0.139. The smallest absolute Gasteiger partial charge is 0.408 e. The van der Waals surface area contributed by atoms with Gasteiger partial charge in [-0.2, -0.15) is 0 Å². The number of rotatable bonds is 1. The lowest BCUT2D eigenvalue weighted by Gasteiger charge is -2.20. The Morgan fingerprint density at radius 2 is 2.00 bits per heavy atom. The first kappa shape index (κ1) is 14.7. The summed E-state index contributed by atoms with van der Waals surface area (Å²) in [5.41, 5.74) is -0.549. The third-order valence-corrected chi connectivity index (χ3v) is 1.63. The Balaban J connectivity index is 0.00000106. The Morgan fingerprint density at radius 3 is 2.38 bits per heavy atom. The Labute approximate surface area is 96.5 Å². The number of hydrogen-bond acceptors (Lipinski definition) is 4. The van der Waals surface area contributed by atoms with Gasteiger partial charge in [0.1, 0.15) is 11.6 Å². The van der Waals surface area contributed by atoms with Crippen LogP contribution in [-0.2, 0) is 14.3 Å². The number of hydrogen-bond donors (Lipinski definition) is 1. The molecule has 5 nitrogen and oxygen atoms in total. The van der Waals surface area contributed by atoms with Crippen molar-refractivity contribution in [1.82, 2.24) is 5.32 Å². The minimum Gasteiger partial charge on any atom is -0.464 e. The molecule has 0 aromatic carbocycles. The molecule has 1 rings (SSSR count). The Bertz CT molecular complexity index is 245. The average molecular weight is 231 g/mol. The highest BCUT2D eigenvalue weighted by atomic mass is 16.6. The molecule has 0 aliphatic carbocycles. The number of esters is 1. The van der Waals surface area contributed by atoms with Crippen molar-refractivity contribution < 1.29 is 19.1 Å². The van der Waals surface area contributed by atoms with E-state index >= 15 is 0 Å². The van der Waals surface area contributed by atoms with Crippen molar-refractivity contribution in [3.05, 3.63) is 0 Å². The van der Waals surface area contributed by atoms with Crippen LogP contribution in [0.1, 0.15) is 41.0 Å². The highest BCUT2D eigenvalue weighted by molar-refractivity contribution is 5.82. The fourth-order valence-corrected chi connectivity index (χ4v) is 1.08. The van der Waals surface area contributed by atoms with Crippen molar-refractivity contribution >= 4 is 12.1 Å². The summed E-state index contributed by atoms with van der Waals surface area (Å²) in [6, 6.07) is -0.551. The van der Waals surface area contributed by atoms with Gasteiger partial charge in [0.25, 0.3) is 0 Å². The summed E-state index contributed by atoms with van der Waals surface area (Å²) in [4.78, 5) is 22.2. The second-order valence-electron chi connectivity index (χ2n) is 4.15. The van der Waals surface area contributed by atoms with Gasteiger partial charge in [-0.3, -0.25) is 0 Å². The van der Waals surface area contributed by atoms with E-state index in [9.17, 15) is 9.59 Å². The number of alkyl carbamates (subject to hydrolysis) is 1. The maximum Gasteiger partial charge on any atom is 0.408 e. The first-order chi connectivity index (χ1) is 7.38. The molecule has 0 aromatic heterocycles. The van der Waals surface area contributed by atoms with E-state index in [1.165, 1.54) is 0 Å². The van der Waals surface area contributed by atoms with Crippen LogP contribution in [0.5, 0.6) is 0 Å². The number of amides is 1. The van der Waals surface area contributed by atoms with E-state index in [0.717, 1.165) is 0 Å². The highest BCUT2D eigenvalue weighted by Gasteiger charge is 2.29. The molecule has 1 aliphatic heterocycles. The number of ether oxygens (including phenoxy) is 2. The van der Waals surface area contributed by atoms with Gasteiger partial charge in [-0.05, 0) is 20.8 Å². The van der Waals surface area contributed by atoms with E-state index in [2.05, 4.69) is 10.1 Å². The molecule has 94 valence electrons. The molecular weight excluding hydrogens is 210 g/mol. The predicted octanol–water partition coefficient (Wildman–Crippen LogP) is 1.85. The van der Waals surface area contributed by atoms with Crippen LogP contribution < -0.4 is 5.32 Å². The summed E-state index contributed by atoms with van der Waals surface area (Å²) in [7, 11) is 0. The quantitative estimate of drug-likeness (QED) is 0.699. The SMILES string of the molecule is CC.CC(C)(C)OC(=O)N[C@H]1CCOC1=O. The third-order valence-electron chi connectivity index (χ3n) is 1.63. The summed E-state index contributed by atoms with van der Waals surface area (Å²) in [5, 5.41) is 2.45. The van der Waals surface area contributed by atoms with Gasteiger partial charge in [-0.1, -0.05) is 13.8 Å². The van der Waals surface area contributed by atoms with Gasteiger partial charge in [0.05, 0.1) is 6.61 Å². The van der Waals surface area contributed by atoms with Gasteiger partial charge in [-0.15, -0.1) is 0 Å². The monoisotopic (exact) mass is 231 g/mol. The van der Waals surface area contributed by atoms with Gasteiger partial charge >= 0.3 is 12.1 Å². The molecular formula is C11H21NO4. The highest BCUT2D eigenvalue weighted by Crippen LogP contribution is 2.09. The summed E-state index contributed by atoms with van der Waals surface area (Å²) in [6.45, 7) is 9.65. The first-order valence-electron chi connectivity index (χ1n) is 5.54. The lowest BCUT2D eigenvalue weighted by atomic mass is 10.2. The first-order valence-corrected chi connectivity index (χ1v) is 5.54. The average Bonchev–Trinajstić information content (AvgIpc) is 2.52. The molecule has 1 aliphatic rings.